The minimum absolute atomic E-state index is 0.225. The second-order valence-corrected chi connectivity index (χ2v) is 5.13. The van der Waals surface area contributed by atoms with Crippen molar-refractivity contribution in [2.24, 2.45) is 0 Å². The van der Waals surface area contributed by atoms with Crippen molar-refractivity contribution < 1.29 is 14.6 Å². The molecule has 0 bridgehead atoms. The molecular formula is C14H18ClNO3. The topological polar surface area (TPSA) is 49.8 Å². The number of aromatic carboxylic acids is 1. The van der Waals surface area contributed by atoms with E-state index in [1.165, 1.54) is 6.07 Å². The van der Waals surface area contributed by atoms with Crippen molar-refractivity contribution in [2.45, 2.75) is 25.9 Å². The van der Waals surface area contributed by atoms with Gasteiger partial charge in [0.2, 0.25) is 0 Å². The number of morpholine rings is 1. The fraction of sp³-hybridized carbons (Fsp3) is 0.500. The predicted molar refractivity (Wildman–Crippen MR) is 73.7 cm³/mol. The number of hydrogen-bond acceptors (Lipinski definition) is 3. The average Bonchev–Trinajstić information content (AvgIpc) is 2.41. The summed E-state index contributed by atoms with van der Waals surface area (Å²) in [6, 6.07) is 5.32. The Morgan fingerprint density at radius 3 is 3.00 bits per heavy atom. The van der Waals surface area contributed by atoms with E-state index in [1.807, 2.05) is 0 Å². The third kappa shape index (κ3) is 3.47. The molecule has 1 heterocycles. The molecule has 1 atom stereocenters. The molecule has 1 aliphatic rings. The molecule has 0 amide bonds. The first-order valence-electron chi connectivity index (χ1n) is 6.45. The minimum Gasteiger partial charge on any atom is -0.478 e. The monoisotopic (exact) mass is 283 g/mol. The number of carboxylic acids is 1. The fourth-order valence-electron chi connectivity index (χ4n) is 2.30. The van der Waals surface area contributed by atoms with Crippen LogP contribution in [0.15, 0.2) is 18.2 Å². The Labute approximate surface area is 117 Å². The summed E-state index contributed by atoms with van der Waals surface area (Å²) >= 11 is 6.16. The molecule has 104 valence electrons. The first kappa shape index (κ1) is 14.3. The van der Waals surface area contributed by atoms with E-state index < -0.39 is 5.97 Å². The van der Waals surface area contributed by atoms with E-state index in [0.29, 0.717) is 11.1 Å². The molecule has 0 radical (unpaired) electrons. The average molecular weight is 284 g/mol. The maximum Gasteiger partial charge on any atom is 0.335 e. The Balaban J connectivity index is 2.11. The first-order chi connectivity index (χ1) is 9.11. The molecule has 19 heavy (non-hydrogen) atoms. The van der Waals surface area contributed by atoms with Crippen molar-refractivity contribution in [3.8, 4) is 0 Å². The lowest BCUT2D eigenvalue weighted by Gasteiger charge is -2.35. The summed E-state index contributed by atoms with van der Waals surface area (Å²) in [5, 5.41) is 9.43. The van der Waals surface area contributed by atoms with Crippen molar-refractivity contribution in [2.75, 3.05) is 19.8 Å². The highest BCUT2D eigenvalue weighted by molar-refractivity contribution is 6.31. The second-order valence-electron chi connectivity index (χ2n) is 4.72. The molecule has 1 unspecified atom stereocenters. The van der Waals surface area contributed by atoms with Crippen molar-refractivity contribution in [3.63, 3.8) is 0 Å². The molecule has 1 N–H and O–H groups in total. The number of rotatable bonds is 4. The van der Waals surface area contributed by atoms with E-state index in [1.54, 1.807) is 12.1 Å². The van der Waals surface area contributed by atoms with Gasteiger partial charge in [-0.25, -0.2) is 4.79 Å². The Hall–Kier alpha value is -1.10. The van der Waals surface area contributed by atoms with E-state index in [0.717, 1.165) is 38.3 Å². The van der Waals surface area contributed by atoms with Crippen molar-refractivity contribution in [1.82, 2.24) is 4.90 Å². The zero-order valence-corrected chi connectivity index (χ0v) is 11.7. The van der Waals surface area contributed by atoms with Crippen LogP contribution in [0.3, 0.4) is 0 Å². The molecule has 4 nitrogen and oxygen atoms in total. The molecule has 5 heteroatoms. The maximum atomic E-state index is 10.9. The second kappa shape index (κ2) is 6.37. The van der Waals surface area contributed by atoms with Gasteiger partial charge in [0, 0.05) is 24.2 Å². The van der Waals surface area contributed by atoms with Gasteiger partial charge in [0.1, 0.15) is 0 Å². The molecule has 1 fully saturated rings. The SMILES string of the molecule is CCC1COCCN1Cc1ccc(C(=O)O)cc1Cl. The largest absolute Gasteiger partial charge is 0.478 e. The molecule has 0 spiro atoms. The quantitative estimate of drug-likeness (QED) is 0.923. The van der Waals surface area contributed by atoms with Crippen LogP contribution in [0.5, 0.6) is 0 Å². The number of carboxylic acid groups (broad SMARTS) is 1. The van der Waals surface area contributed by atoms with Gasteiger partial charge >= 0.3 is 5.97 Å². The van der Waals surface area contributed by atoms with Crippen LogP contribution < -0.4 is 0 Å². The van der Waals surface area contributed by atoms with Crippen LogP contribution in [0.4, 0.5) is 0 Å². The van der Waals surface area contributed by atoms with Crippen LogP contribution >= 0.6 is 11.6 Å². The molecule has 0 aliphatic carbocycles. The third-order valence-corrected chi connectivity index (χ3v) is 3.85. The Morgan fingerprint density at radius 1 is 1.58 bits per heavy atom. The number of ether oxygens (including phenoxy) is 1. The minimum atomic E-state index is -0.953. The standard InChI is InChI=1S/C14H18ClNO3/c1-2-12-9-19-6-5-16(12)8-11-4-3-10(14(17)18)7-13(11)15/h3-4,7,12H,2,5-6,8-9H2,1H3,(H,17,18). The van der Waals surface area contributed by atoms with E-state index in [9.17, 15) is 4.79 Å². The predicted octanol–water partition coefficient (Wildman–Crippen LogP) is 2.65. The van der Waals surface area contributed by atoms with Gasteiger partial charge in [-0.3, -0.25) is 4.90 Å². The van der Waals surface area contributed by atoms with Crippen LogP contribution in [-0.4, -0.2) is 41.8 Å². The van der Waals surface area contributed by atoms with Gasteiger partial charge in [-0.15, -0.1) is 0 Å². The lowest BCUT2D eigenvalue weighted by atomic mass is 10.1. The maximum absolute atomic E-state index is 10.9. The highest BCUT2D eigenvalue weighted by atomic mass is 35.5. The lowest BCUT2D eigenvalue weighted by Crippen LogP contribution is -2.44. The Morgan fingerprint density at radius 2 is 2.37 bits per heavy atom. The van der Waals surface area contributed by atoms with Gasteiger partial charge in [0.15, 0.2) is 0 Å². The van der Waals surface area contributed by atoms with Gasteiger partial charge in [0.25, 0.3) is 0 Å². The van der Waals surface area contributed by atoms with Gasteiger partial charge < -0.3 is 9.84 Å². The number of carbonyl (C=O) groups is 1. The van der Waals surface area contributed by atoms with E-state index in [-0.39, 0.29) is 5.56 Å². The van der Waals surface area contributed by atoms with Crippen LogP contribution in [0, 0.1) is 0 Å². The van der Waals surface area contributed by atoms with E-state index >= 15 is 0 Å². The molecular weight excluding hydrogens is 266 g/mol. The number of halogens is 1. The molecule has 1 saturated heterocycles. The summed E-state index contributed by atoms with van der Waals surface area (Å²) in [6.45, 7) is 5.25. The Bertz CT molecular complexity index is 464. The molecule has 0 aromatic heterocycles. The first-order valence-corrected chi connectivity index (χ1v) is 6.83. The zero-order chi connectivity index (χ0) is 13.8. The highest BCUT2D eigenvalue weighted by Crippen LogP contribution is 2.22. The number of benzene rings is 1. The summed E-state index contributed by atoms with van der Waals surface area (Å²) in [7, 11) is 0. The van der Waals surface area contributed by atoms with Gasteiger partial charge in [0.05, 0.1) is 18.8 Å². The fourth-order valence-corrected chi connectivity index (χ4v) is 2.54. The van der Waals surface area contributed by atoms with Gasteiger partial charge in [-0.1, -0.05) is 24.6 Å². The summed E-state index contributed by atoms with van der Waals surface area (Å²) < 4.78 is 5.47. The molecule has 1 aromatic carbocycles. The normalized spacial score (nSPS) is 20.4. The van der Waals surface area contributed by atoms with Crippen molar-refractivity contribution >= 4 is 17.6 Å². The summed E-state index contributed by atoms with van der Waals surface area (Å²) in [5.74, 6) is -0.953. The van der Waals surface area contributed by atoms with Crippen molar-refractivity contribution in [3.05, 3.63) is 34.3 Å². The summed E-state index contributed by atoms with van der Waals surface area (Å²) in [6.07, 6.45) is 1.03. The van der Waals surface area contributed by atoms with Crippen LogP contribution in [0.25, 0.3) is 0 Å². The molecule has 2 rings (SSSR count). The summed E-state index contributed by atoms with van der Waals surface area (Å²) in [4.78, 5) is 13.2. The van der Waals surface area contributed by atoms with Gasteiger partial charge in [-0.05, 0) is 24.1 Å². The third-order valence-electron chi connectivity index (χ3n) is 3.49. The smallest absolute Gasteiger partial charge is 0.335 e. The number of hydrogen-bond donors (Lipinski definition) is 1. The Kier molecular flexibility index (Phi) is 4.80. The van der Waals surface area contributed by atoms with Crippen LogP contribution in [-0.2, 0) is 11.3 Å². The van der Waals surface area contributed by atoms with E-state index in [4.69, 9.17) is 21.4 Å². The number of nitrogens with zero attached hydrogens (tertiary/aromatic N) is 1. The van der Waals surface area contributed by atoms with Crippen LogP contribution in [0.1, 0.15) is 29.3 Å². The highest BCUT2D eigenvalue weighted by Gasteiger charge is 2.22. The molecule has 0 saturated carbocycles. The lowest BCUT2D eigenvalue weighted by molar-refractivity contribution is -0.0127. The molecule has 1 aromatic rings. The molecule has 1 aliphatic heterocycles. The van der Waals surface area contributed by atoms with Crippen molar-refractivity contribution in [1.29, 1.82) is 0 Å². The van der Waals surface area contributed by atoms with Gasteiger partial charge in [-0.2, -0.15) is 0 Å². The van der Waals surface area contributed by atoms with E-state index in [2.05, 4.69) is 11.8 Å². The zero-order valence-electron chi connectivity index (χ0n) is 10.9. The summed E-state index contributed by atoms with van der Waals surface area (Å²) in [5.41, 5.74) is 1.19. The van der Waals surface area contributed by atoms with Crippen LogP contribution in [0.2, 0.25) is 5.02 Å².